The maximum atomic E-state index is 11.6. The van der Waals surface area contributed by atoms with Crippen LogP contribution in [0.25, 0.3) is 11.1 Å². The van der Waals surface area contributed by atoms with E-state index in [-0.39, 0.29) is 5.97 Å². The number of rotatable bonds is 7. The fourth-order valence-electron chi connectivity index (χ4n) is 3.10. The Kier molecular flexibility index (Phi) is 6.88. The summed E-state index contributed by atoms with van der Waals surface area (Å²) in [6.07, 6.45) is 0.961. The molecule has 0 aromatic heterocycles. The van der Waals surface area contributed by atoms with Crippen molar-refractivity contribution >= 4 is 21.9 Å². The molecule has 0 heterocycles. The molecule has 0 N–H and O–H groups in total. The minimum atomic E-state index is -0.337. The molecule has 144 valence electrons. The molecule has 4 heteroatoms. The molecule has 0 unspecified atom stereocenters. The van der Waals surface area contributed by atoms with Crippen LogP contribution >= 0.6 is 15.9 Å². The summed E-state index contributed by atoms with van der Waals surface area (Å²) in [6, 6.07) is 22.0. The Hall–Kier alpha value is -2.59. The first-order valence-corrected chi connectivity index (χ1v) is 10.4. The average molecular weight is 439 g/mol. The van der Waals surface area contributed by atoms with E-state index in [1.807, 2.05) is 18.2 Å². The smallest absolute Gasteiger partial charge is 0.337 e. The van der Waals surface area contributed by atoms with Crippen molar-refractivity contribution in [1.82, 2.24) is 0 Å². The van der Waals surface area contributed by atoms with E-state index in [4.69, 9.17) is 9.47 Å². The zero-order chi connectivity index (χ0) is 19.9. The lowest BCUT2D eigenvalue weighted by Crippen LogP contribution is -2.02. The molecule has 0 radical (unpaired) electrons. The van der Waals surface area contributed by atoms with E-state index in [1.165, 1.54) is 23.8 Å². The molecule has 0 atom stereocenters. The summed E-state index contributed by atoms with van der Waals surface area (Å²) in [5.74, 6) is 0.513. The number of benzene rings is 3. The van der Waals surface area contributed by atoms with E-state index < -0.39 is 0 Å². The highest BCUT2D eigenvalue weighted by Crippen LogP contribution is 2.34. The third kappa shape index (κ3) is 4.63. The zero-order valence-electron chi connectivity index (χ0n) is 16.1. The monoisotopic (exact) mass is 438 g/mol. The van der Waals surface area contributed by atoms with Crippen molar-refractivity contribution in [2.24, 2.45) is 0 Å². The third-order valence-electron chi connectivity index (χ3n) is 4.66. The summed E-state index contributed by atoms with van der Waals surface area (Å²) in [7, 11) is 1.38. The molecule has 0 spiro atoms. The van der Waals surface area contributed by atoms with Crippen LogP contribution in [-0.2, 0) is 23.1 Å². The number of hydrogen-bond acceptors (Lipinski definition) is 3. The molecule has 0 fully saturated rings. The topological polar surface area (TPSA) is 35.5 Å². The van der Waals surface area contributed by atoms with Crippen LogP contribution in [0.1, 0.15) is 34.0 Å². The molecule has 0 saturated carbocycles. The number of halogens is 1. The van der Waals surface area contributed by atoms with Gasteiger partial charge in [-0.3, -0.25) is 0 Å². The summed E-state index contributed by atoms with van der Waals surface area (Å²) in [5.41, 5.74) is 6.32. The summed E-state index contributed by atoms with van der Waals surface area (Å²) in [6.45, 7) is 2.59. The van der Waals surface area contributed by atoms with Crippen molar-refractivity contribution in [1.29, 1.82) is 0 Å². The van der Waals surface area contributed by atoms with E-state index in [0.29, 0.717) is 12.2 Å². The molecular weight excluding hydrogens is 416 g/mol. The van der Waals surface area contributed by atoms with Crippen molar-refractivity contribution in [3.05, 3.63) is 89.0 Å². The van der Waals surface area contributed by atoms with Gasteiger partial charge in [0.15, 0.2) is 0 Å². The second-order valence-corrected chi connectivity index (χ2v) is 7.01. The first-order valence-electron chi connectivity index (χ1n) is 9.23. The minimum absolute atomic E-state index is 0.337. The fourth-order valence-corrected chi connectivity index (χ4v) is 3.45. The van der Waals surface area contributed by atoms with Crippen LogP contribution in [0.5, 0.6) is 5.75 Å². The summed E-state index contributed by atoms with van der Waals surface area (Å²) >= 11 is 3.55. The van der Waals surface area contributed by atoms with E-state index in [2.05, 4.69) is 59.3 Å². The predicted molar refractivity (Wildman–Crippen MR) is 116 cm³/mol. The van der Waals surface area contributed by atoms with Gasteiger partial charge in [0.25, 0.3) is 0 Å². The van der Waals surface area contributed by atoms with Gasteiger partial charge >= 0.3 is 5.97 Å². The maximum Gasteiger partial charge on any atom is 0.337 e. The fraction of sp³-hybridized carbons (Fsp3) is 0.208. The predicted octanol–water partition coefficient (Wildman–Crippen LogP) is 6.18. The molecule has 0 amide bonds. The largest absolute Gasteiger partial charge is 0.488 e. The van der Waals surface area contributed by atoms with Gasteiger partial charge < -0.3 is 9.47 Å². The van der Waals surface area contributed by atoms with Crippen molar-refractivity contribution in [2.45, 2.75) is 25.3 Å². The van der Waals surface area contributed by atoms with E-state index in [0.717, 1.165) is 28.6 Å². The molecule has 3 nitrogen and oxygen atoms in total. The Bertz CT molecular complexity index is 948. The first-order chi connectivity index (χ1) is 13.7. The second kappa shape index (κ2) is 9.56. The SMILES string of the molecule is CCc1ccccc1-c1cc(CBr)ccc1OCc1ccc(C(=O)OC)cc1. The number of carbonyl (C=O) groups excluding carboxylic acids is 1. The van der Waals surface area contributed by atoms with Crippen LogP contribution in [0.15, 0.2) is 66.7 Å². The highest BCUT2D eigenvalue weighted by atomic mass is 79.9. The Labute approximate surface area is 174 Å². The number of carbonyl (C=O) groups is 1. The quantitative estimate of drug-likeness (QED) is 0.326. The molecule has 3 rings (SSSR count). The van der Waals surface area contributed by atoms with Gasteiger partial charge in [-0.25, -0.2) is 4.79 Å². The number of hydrogen-bond donors (Lipinski definition) is 0. The number of esters is 1. The van der Waals surface area contributed by atoms with Crippen LogP contribution in [0, 0.1) is 0 Å². The normalized spacial score (nSPS) is 10.5. The van der Waals surface area contributed by atoms with Gasteiger partial charge in [0.2, 0.25) is 0 Å². The minimum Gasteiger partial charge on any atom is -0.488 e. The van der Waals surface area contributed by atoms with E-state index >= 15 is 0 Å². The van der Waals surface area contributed by atoms with E-state index in [9.17, 15) is 4.79 Å². The molecular formula is C24H23BrO3. The van der Waals surface area contributed by atoms with Crippen LogP contribution in [0.2, 0.25) is 0 Å². The lowest BCUT2D eigenvalue weighted by molar-refractivity contribution is 0.0600. The molecule has 0 bridgehead atoms. The molecule has 3 aromatic rings. The first kappa shape index (κ1) is 20.2. The van der Waals surface area contributed by atoms with Crippen LogP contribution in [0.3, 0.4) is 0 Å². The summed E-state index contributed by atoms with van der Waals surface area (Å²) < 4.78 is 10.9. The molecule has 0 aliphatic carbocycles. The summed E-state index contributed by atoms with van der Waals surface area (Å²) in [4.78, 5) is 11.6. The Morgan fingerprint density at radius 1 is 0.929 bits per heavy atom. The lowest BCUT2D eigenvalue weighted by atomic mass is 9.96. The van der Waals surface area contributed by atoms with Gasteiger partial charge in [0, 0.05) is 10.9 Å². The van der Waals surface area contributed by atoms with Gasteiger partial charge in [-0.1, -0.05) is 65.3 Å². The molecule has 28 heavy (non-hydrogen) atoms. The highest BCUT2D eigenvalue weighted by Gasteiger charge is 2.12. The van der Waals surface area contributed by atoms with Crippen molar-refractivity contribution in [3.8, 4) is 16.9 Å². The Morgan fingerprint density at radius 2 is 1.64 bits per heavy atom. The van der Waals surface area contributed by atoms with Crippen LogP contribution in [0.4, 0.5) is 0 Å². The van der Waals surface area contributed by atoms with Crippen LogP contribution in [-0.4, -0.2) is 13.1 Å². The van der Waals surface area contributed by atoms with Gasteiger partial charge in [0.1, 0.15) is 12.4 Å². The molecule has 0 aliphatic rings. The van der Waals surface area contributed by atoms with Crippen molar-refractivity contribution < 1.29 is 14.3 Å². The Balaban J connectivity index is 1.87. The van der Waals surface area contributed by atoms with Gasteiger partial charge in [-0.05, 0) is 52.9 Å². The number of ether oxygens (including phenoxy) is 2. The average Bonchev–Trinajstić information content (AvgIpc) is 2.77. The van der Waals surface area contributed by atoms with Gasteiger partial charge in [-0.15, -0.1) is 0 Å². The lowest BCUT2D eigenvalue weighted by Gasteiger charge is -2.16. The van der Waals surface area contributed by atoms with Gasteiger partial charge in [0.05, 0.1) is 12.7 Å². The van der Waals surface area contributed by atoms with Crippen LogP contribution < -0.4 is 4.74 Å². The number of alkyl halides is 1. The number of aryl methyl sites for hydroxylation is 1. The molecule has 3 aromatic carbocycles. The standard InChI is InChI=1S/C24H23BrO3/c1-3-19-6-4-5-7-21(19)22-14-18(15-25)10-13-23(22)28-16-17-8-11-20(12-9-17)24(26)27-2/h4-14H,3,15-16H2,1-2H3. The summed E-state index contributed by atoms with van der Waals surface area (Å²) in [5, 5.41) is 0.795. The second-order valence-electron chi connectivity index (χ2n) is 6.45. The molecule has 0 aliphatic heterocycles. The van der Waals surface area contributed by atoms with Crippen molar-refractivity contribution in [3.63, 3.8) is 0 Å². The highest BCUT2D eigenvalue weighted by molar-refractivity contribution is 9.08. The molecule has 0 saturated heterocycles. The van der Waals surface area contributed by atoms with Crippen molar-refractivity contribution in [2.75, 3.05) is 7.11 Å². The third-order valence-corrected chi connectivity index (χ3v) is 5.30. The number of methoxy groups -OCH3 is 1. The van der Waals surface area contributed by atoms with E-state index in [1.54, 1.807) is 12.1 Å². The Morgan fingerprint density at radius 3 is 2.32 bits per heavy atom. The zero-order valence-corrected chi connectivity index (χ0v) is 17.7. The maximum absolute atomic E-state index is 11.6. The van der Waals surface area contributed by atoms with Gasteiger partial charge in [-0.2, -0.15) is 0 Å².